The van der Waals surface area contributed by atoms with E-state index in [0.29, 0.717) is 0 Å². The molecule has 0 fully saturated rings. The Bertz CT molecular complexity index is 139. The fourth-order valence-corrected chi connectivity index (χ4v) is 0.478. The van der Waals surface area contributed by atoms with Crippen molar-refractivity contribution in [3.05, 3.63) is 42.8 Å². The molecule has 1 rings (SSSR count). The van der Waals surface area contributed by atoms with Crippen LogP contribution in [0.4, 0.5) is 0 Å². The third kappa shape index (κ3) is 4.40. The largest absolute Gasteiger partial charge is 0.199 e. The van der Waals surface area contributed by atoms with Crippen LogP contribution in [0.3, 0.4) is 0 Å². The molecular formula is C7H11SiV-. The van der Waals surface area contributed by atoms with Crippen LogP contribution in [0.1, 0.15) is 5.56 Å². The maximum atomic E-state index is 3.72. The second-order valence-corrected chi connectivity index (χ2v) is 1.49. The van der Waals surface area contributed by atoms with Gasteiger partial charge in [-0.2, -0.15) is 24.6 Å². The van der Waals surface area contributed by atoms with E-state index in [2.05, 4.69) is 6.92 Å². The van der Waals surface area contributed by atoms with E-state index in [0.717, 1.165) is 5.56 Å². The molecule has 0 aromatic heterocycles. The predicted octanol–water partition coefficient (Wildman–Crippen LogP) is 0.415. The zero-order chi connectivity index (χ0) is 5.11. The molecule has 0 saturated heterocycles. The zero-order valence-corrected chi connectivity index (χ0v) is 5.94. The van der Waals surface area contributed by atoms with Crippen molar-refractivity contribution >= 4 is 11.0 Å². The summed E-state index contributed by atoms with van der Waals surface area (Å²) in [7, 11) is 0. The van der Waals surface area contributed by atoms with Gasteiger partial charge in [-0.05, 0) is 11.0 Å². The van der Waals surface area contributed by atoms with Crippen LogP contribution in [0.2, 0.25) is 0 Å². The summed E-state index contributed by atoms with van der Waals surface area (Å²) < 4.78 is 0. The van der Waals surface area contributed by atoms with Crippen molar-refractivity contribution in [2.24, 2.45) is 0 Å². The molecule has 0 amide bonds. The van der Waals surface area contributed by atoms with Gasteiger partial charge in [0.1, 0.15) is 0 Å². The van der Waals surface area contributed by atoms with Crippen molar-refractivity contribution in [1.82, 2.24) is 0 Å². The molecule has 2 heteroatoms. The van der Waals surface area contributed by atoms with Gasteiger partial charge in [-0.3, -0.25) is 0 Å². The van der Waals surface area contributed by atoms with Gasteiger partial charge in [-0.1, -0.05) is 6.07 Å². The fourth-order valence-electron chi connectivity index (χ4n) is 0.478. The minimum Gasteiger partial charge on any atom is -0.199 e. The molecular weight excluding hydrogens is 163 g/mol. The maximum absolute atomic E-state index is 3.72. The summed E-state index contributed by atoms with van der Waals surface area (Å²) >= 11 is 0. The summed E-state index contributed by atoms with van der Waals surface area (Å²) in [5.74, 6) is 0. The van der Waals surface area contributed by atoms with Crippen LogP contribution in [-0.2, 0) is 18.6 Å². The minimum atomic E-state index is 0. The standard InChI is InChI=1S/C7H7.H4Si.V/c1-7-5-3-2-4-6-7;;/h2-6H,1H2;1H4;/q-1;;. The number of benzene rings is 1. The molecule has 0 aliphatic heterocycles. The van der Waals surface area contributed by atoms with Crippen LogP contribution in [0.15, 0.2) is 30.3 Å². The first-order chi connectivity index (χ1) is 3.39. The molecule has 0 N–H and O–H groups in total. The average Bonchev–Trinajstić information content (AvgIpc) is 1.69. The molecule has 0 bridgehead atoms. The molecule has 9 heavy (non-hydrogen) atoms. The fraction of sp³-hybridized carbons (Fsp3) is 0. The van der Waals surface area contributed by atoms with Gasteiger partial charge in [0, 0.05) is 18.6 Å². The number of hydrogen-bond donors (Lipinski definition) is 0. The van der Waals surface area contributed by atoms with E-state index < -0.39 is 0 Å². The Balaban J connectivity index is 0. The quantitative estimate of drug-likeness (QED) is 0.395. The Morgan fingerprint density at radius 1 is 1.00 bits per heavy atom. The van der Waals surface area contributed by atoms with E-state index in [1.54, 1.807) is 0 Å². The smallest absolute Gasteiger partial charge is 0 e. The summed E-state index contributed by atoms with van der Waals surface area (Å²) in [5.41, 5.74) is 1.07. The van der Waals surface area contributed by atoms with Crippen LogP contribution < -0.4 is 0 Å². The van der Waals surface area contributed by atoms with E-state index in [9.17, 15) is 0 Å². The average molecular weight is 174 g/mol. The molecule has 0 nitrogen and oxygen atoms in total. The van der Waals surface area contributed by atoms with Gasteiger partial charge >= 0.3 is 0 Å². The molecule has 0 unspecified atom stereocenters. The summed E-state index contributed by atoms with van der Waals surface area (Å²) in [6, 6.07) is 9.87. The molecule has 0 aliphatic rings. The Morgan fingerprint density at radius 2 is 1.44 bits per heavy atom. The summed E-state index contributed by atoms with van der Waals surface area (Å²) in [4.78, 5) is 0. The zero-order valence-electron chi connectivity index (χ0n) is 4.54. The van der Waals surface area contributed by atoms with Gasteiger partial charge < -0.3 is 0 Å². The SMILES string of the molecule is [CH2-]c1ccccc1.[SiH4].[V]. The normalized spacial score (nSPS) is 6.67. The Hall–Kier alpha value is -0.109. The van der Waals surface area contributed by atoms with Gasteiger partial charge in [-0.15, -0.1) is 12.1 Å². The van der Waals surface area contributed by atoms with Gasteiger partial charge in [-0.25, -0.2) is 0 Å². The molecule has 0 spiro atoms. The van der Waals surface area contributed by atoms with Crippen molar-refractivity contribution in [2.75, 3.05) is 0 Å². The topological polar surface area (TPSA) is 0 Å². The van der Waals surface area contributed by atoms with E-state index >= 15 is 0 Å². The second kappa shape index (κ2) is 6.02. The minimum absolute atomic E-state index is 0. The third-order valence-electron chi connectivity index (χ3n) is 0.843. The third-order valence-corrected chi connectivity index (χ3v) is 0.843. The van der Waals surface area contributed by atoms with Gasteiger partial charge in [0.2, 0.25) is 0 Å². The molecule has 1 aromatic rings. The molecule has 49 valence electrons. The molecule has 1 aromatic carbocycles. The molecule has 1 radical (unpaired) electrons. The van der Waals surface area contributed by atoms with Gasteiger partial charge in [0.05, 0.1) is 0 Å². The summed E-state index contributed by atoms with van der Waals surface area (Å²) in [6.45, 7) is 3.72. The van der Waals surface area contributed by atoms with Crippen LogP contribution in [0, 0.1) is 6.92 Å². The monoisotopic (exact) mass is 174 g/mol. The van der Waals surface area contributed by atoms with Crippen LogP contribution in [-0.4, -0.2) is 11.0 Å². The molecule has 0 heterocycles. The first kappa shape index (κ1) is 11.7. The molecule has 0 saturated carbocycles. The summed E-state index contributed by atoms with van der Waals surface area (Å²) in [6.07, 6.45) is 0. The predicted molar refractivity (Wildman–Crippen MR) is 42.2 cm³/mol. The molecule has 0 atom stereocenters. The van der Waals surface area contributed by atoms with Crippen LogP contribution >= 0.6 is 0 Å². The first-order valence-corrected chi connectivity index (χ1v) is 2.26. The van der Waals surface area contributed by atoms with Gasteiger partial charge in [0.15, 0.2) is 0 Å². The maximum Gasteiger partial charge on any atom is 0 e. The van der Waals surface area contributed by atoms with Crippen molar-refractivity contribution in [3.63, 3.8) is 0 Å². The van der Waals surface area contributed by atoms with E-state index in [1.807, 2.05) is 30.3 Å². The van der Waals surface area contributed by atoms with Crippen molar-refractivity contribution in [1.29, 1.82) is 0 Å². The number of hydrogen-bond acceptors (Lipinski definition) is 0. The van der Waals surface area contributed by atoms with Crippen molar-refractivity contribution in [3.8, 4) is 0 Å². The molecule has 0 aliphatic carbocycles. The van der Waals surface area contributed by atoms with Gasteiger partial charge in [0.25, 0.3) is 0 Å². The number of rotatable bonds is 0. The van der Waals surface area contributed by atoms with E-state index in [1.165, 1.54) is 0 Å². The Labute approximate surface area is 72.6 Å². The van der Waals surface area contributed by atoms with Crippen LogP contribution in [0.25, 0.3) is 0 Å². The first-order valence-electron chi connectivity index (χ1n) is 2.26. The van der Waals surface area contributed by atoms with Crippen molar-refractivity contribution < 1.29 is 18.6 Å². The Kier molecular flexibility index (Phi) is 7.80. The van der Waals surface area contributed by atoms with E-state index in [-0.39, 0.29) is 29.5 Å². The second-order valence-electron chi connectivity index (χ2n) is 1.49. The summed E-state index contributed by atoms with van der Waals surface area (Å²) in [5, 5.41) is 0. The van der Waals surface area contributed by atoms with Crippen LogP contribution in [0.5, 0.6) is 0 Å². The van der Waals surface area contributed by atoms with Crippen molar-refractivity contribution in [2.45, 2.75) is 0 Å². The van der Waals surface area contributed by atoms with E-state index in [4.69, 9.17) is 0 Å². The Morgan fingerprint density at radius 3 is 1.67 bits per heavy atom.